The molecule has 0 heterocycles. The smallest absolute Gasteiger partial charge is 0.312 e. The molecule has 0 fully saturated rings. The van der Waals surface area contributed by atoms with Gasteiger partial charge in [-0.25, -0.2) is 0 Å². The molecule has 2 atom stereocenters. The molecule has 0 rings (SSSR count). The zero-order valence-electron chi connectivity index (χ0n) is 11.3. The number of nitrogens with zero attached hydrogens (tertiary/aromatic N) is 1. The van der Waals surface area contributed by atoms with Crippen molar-refractivity contribution in [1.82, 2.24) is 10.2 Å². The van der Waals surface area contributed by atoms with E-state index in [4.69, 9.17) is 0 Å². The molecule has 0 aromatic heterocycles. The van der Waals surface area contributed by atoms with Crippen LogP contribution in [0.25, 0.3) is 0 Å². The van der Waals surface area contributed by atoms with Crippen molar-refractivity contribution in [2.45, 2.75) is 45.8 Å². The van der Waals surface area contributed by atoms with Gasteiger partial charge in [0.05, 0.1) is 6.54 Å². The minimum absolute atomic E-state index is 0.132. The lowest BCUT2D eigenvalue weighted by molar-refractivity contribution is -0.143. The van der Waals surface area contributed by atoms with E-state index in [0.717, 1.165) is 19.4 Å². The maximum atomic E-state index is 12.2. The first-order valence-electron chi connectivity index (χ1n) is 6.28. The SMILES string of the molecule is CCCNC(CN(C)CC(F)(F)F)C(C)CC. The Kier molecular flexibility index (Phi) is 7.79. The van der Waals surface area contributed by atoms with Crippen LogP contribution in [0.3, 0.4) is 0 Å². The zero-order valence-corrected chi connectivity index (χ0v) is 11.3. The first-order chi connectivity index (χ1) is 7.80. The van der Waals surface area contributed by atoms with Gasteiger partial charge >= 0.3 is 6.18 Å². The number of hydrogen-bond acceptors (Lipinski definition) is 2. The van der Waals surface area contributed by atoms with Gasteiger partial charge in [-0.1, -0.05) is 27.2 Å². The zero-order chi connectivity index (χ0) is 13.5. The molecule has 0 aromatic rings. The second kappa shape index (κ2) is 7.93. The van der Waals surface area contributed by atoms with Crippen LogP contribution in [0.15, 0.2) is 0 Å². The van der Waals surface area contributed by atoms with Crippen LogP contribution in [-0.2, 0) is 0 Å². The number of halogens is 3. The first kappa shape index (κ1) is 16.7. The molecule has 1 N–H and O–H groups in total. The summed E-state index contributed by atoms with van der Waals surface area (Å²) in [6, 6.07) is 0.132. The van der Waals surface area contributed by atoms with Gasteiger partial charge in [-0.15, -0.1) is 0 Å². The van der Waals surface area contributed by atoms with Crippen molar-refractivity contribution in [2.75, 3.05) is 26.7 Å². The molecule has 2 nitrogen and oxygen atoms in total. The average molecular weight is 254 g/mol. The maximum Gasteiger partial charge on any atom is 0.401 e. The molecule has 0 amide bonds. The fraction of sp³-hybridized carbons (Fsp3) is 1.00. The minimum Gasteiger partial charge on any atom is -0.312 e. The Balaban J connectivity index is 4.21. The lowest BCUT2D eigenvalue weighted by Gasteiger charge is -2.29. The van der Waals surface area contributed by atoms with E-state index in [0.29, 0.717) is 12.5 Å². The maximum absolute atomic E-state index is 12.2. The minimum atomic E-state index is -4.11. The topological polar surface area (TPSA) is 15.3 Å². The molecule has 0 aliphatic rings. The van der Waals surface area contributed by atoms with E-state index in [-0.39, 0.29) is 6.04 Å². The lowest BCUT2D eigenvalue weighted by Crippen LogP contribution is -2.46. The number of likely N-dealkylation sites (N-methyl/N-ethyl adjacent to an activating group) is 1. The standard InChI is InChI=1S/C12H25F3N2/c1-5-7-16-11(10(3)6-2)8-17(4)9-12(13,14)15/h10-11,16H,5-9H2,1-4H3. The lowest BCUT2D eigenvalue weighted by atomic mass is 9.98. The molecule has 0 aromatic carbocycles. The quantitative estimate of drug-likeness (QED) is 0.716. The Hall–Kier alpha value is -0.290. The summed E-state index contributed by atoms with van der Waals surface area (Å²) in [5.41, 5.74) is 0. The number of alkyl halides is 3. The van der Waals surface area contributed by atoms with E-state index in [9.17, 15) is 13.2 Å². The van der Waals surface area contributed by atoms with Gasteiger partial charge in [0.15, 0.2) is 0 Å². The second-order valence-electron chi connectivity index (χ2n) is 4.76. The molecule has 0 radical (unpaired) electrons. The van der Waals surface area contributed by atoms with Crippen molar-refractivity contribution in [3.63, 3.8) is 0 Å². The largest absolute Gasteiger partial charge is 0.401 e. The summed E-state index contributed by atoms with van der Waals surface area (Å²) in [6.07, 6.45) is -2.14. The van der Waals surface area contributed by atoms with Crippen molar-refractivity contribution >= 4 is 0 Å². The summed E-state index contributed by atoms with van der Waals surface area (Å²) < 4.78 is 36.7. The van der Waals surface area contributed by atoms with Gasteiger partial charge in [0, 0.05) is 12.6 Å². The van der Waals surface area contributed by atoms with Crippen LogP contribution in [-0.4, -0.2) is 43.8 Å². The molecule has 104 valence electrons. The van der Waals surface area contributed by atoms with Crippen LogP contribution in [0.5, 0.6) is 0 Å². The van der Waals surface area contributed by atoms with Crippen molar-refractivity contribution in [1.29, 1.82) is 0 Å². The average Bonchev–Trinajstić information content (AvgIpc) is 2.20. The fourth-order valence-electron chi connectivity index (χ4n) is 1.77. The third kappa shape index (κ3) is 8.44. The Morgan fingerprint density at radius 3 is 2.24 bits per heavy atom. The van der Waals surface area contributed by atoms with Gasteiger partial charge in [-0.05, 0) is 25.9 Å². The molecule has 0 saturated heterocycles. The summed E-state index contributed by atoms with van der Waals surface area (Å²) in [5.74, 6) is 0.386. The second-order valence-corrected chi connectivity index (χ2v) is 4.76. The first-order valence-corrected chi connectivity index (χ1v) is 6.28. The van der Waals surface area contributed by atoms with Crippen LogP contribution in [0.1, 0.15) is 33.6 Å². The van der Waals surface area contributed by atoms with Crippen molar-refractivity contribution < 1.29 is 13.2 Å². The number of hydrogen-bond donors (Lipinski definition) is 1. The third-order valence-electron chi connectivity index (χ3n) is 2.94. The predicted octanol–water partition coefficient (Wildman–Crippen LogP) is 2.89. The van der Waals surface area contributed by atoms with Crippen molar-refractivity contribution in [2.24, 2.45) is 5.92 Å². The van der Waals surface area contributed by atoms with Crippen LogP contribution in [0, 0.1) is 5.92 Å². The monoisotopic (exact) mass is 254 g/mol. The summed E-state index contributed by atoms with van der Waals surface area (Å²) in [5, 5.41) is 3.33. The molecular weight excluding hydrogens is 229 g/mol. The predicted molar refractivity (Wildman–Crippen MR) is 65.1 cm³/mol. The molecule has 0 saturated carbocycles. The van der Waals surface area contributed by atoms with Gasteiger partial charge in [-0.3, -0.25) is 4.90 Å². The van der Waals surface area contributed by atoms with Crippen LogP contribution in [0.4, 0.5) is 13.2 Å². The molecule has 5 heteroatoms. The molecule has 0 bridgehead atoms. The van der Waals surface area contributed by atoms with Crippen molar-refractivity contribution in [3.05, 3.63) is 0 Å². The van der Waals surface area contributed by atoms with Crippen LogP contribution >= 0.6 is 0 Å². The molecule has 2 unspecified atom stereocenters. The highest BCUT2D eigenvalue weighted by Crippen LogP contribution is 2.17. The molecule has 17 heavy (non-hydrogen) atoms. The van der Waals surface area contributed by atoms with Gasteiger partial charge in [0.1, 0.15) is 0 Å². The molecule has 0 aliphatic carbocycles. The fourth-order valence-corrected chi connectivity index (χ4v) is 1.77. The number of nitrogens with one attached hydrogen (secondary N) is 1. The van der Waals surface area contributed by atoms with Crippen LogP contribution < -0.4 is 5.32 Å². The van der Waals surface area contributed by atoms with E-state index in [1.165, 1.54) is 11.9 Å². The third-order valence-corrected chi connectivity index (χ3v) is 2.94. The van der Waals surface area contributed by atoms with E-state index in [1.54, 1.807) is 0 Å². The number of rotatable bonds is 8. The highest BCUT2D eigenvalue weighted by Gasteiger charge is 2.30. The normalized spacial score (nSPS) is 16.2. The molecule has 0 spiro atoms. The van der Waals surface area contributed by atoms with Gasteiger partial charge in [-0.2, -0.15) is 13.2 Å². The van der Waals surface area contributed by atoms with Gasteiger partial charge in [0.25, 0.3) is 0 Å². The summed E-state index contributed by atoms with van der Waals surface area (Å²) >= 11 is 0. The molecule has 0 aliphatic heterocycles. The van der Waals surface area contributed by atoms with E-state index in [2.05, 4.69) is 26.1 Å². The summed E-state index contributed by atoms with van der Waals surface area (Å²) in [7, 11) is 1.52. The summed E-state index contributed by atoms with van der Waals surface area (Å²) in [6.45, 7) is 6.65. The summed E-state index contributed by atoms with van der Waals surface area (Å²) in [4.78, 5) is 1.35. The van der Waals surface area contributed by atoms with Crippen molar-refractivity contribution in [3.8, 4) is 0 Å². The van der Waals surface area contributed by atoms with E-state index < -0.39 is 12.7 Å². The van der Waals surface area contributed by atoms with Gasteiger partial charge < -0.3 is 5.32 Å². The Morgan fingerprint density at radius 1 is 1.24 bits per heavy atom. The Morgan fingerprint density at radius 2 is 1.82 bits per heavy atom. The highest BCUT2D eigenvalue weighted by molar-refractivity contribution is 4.76. The van der Waals surface area contributed by atoms with E-state index >= 15 is 0 Å². The van der Waals surface area contributed by atoms with Crippen LogP contribution in [0.2, 0.25) is 0 Å². The Labute approximate surface area is 103 Å². The molecular formula is C12H25F3N2. The van der Waals surface area contributed by atoms with E-state index in [1.807, 2.05) is 0 Å². The van der Waals surface area contributed by atoms with Gasteiger partial charge in [0.2, 0.25) is 0 Å². The highest BCUT2D eigenvalue weighted by atomic mass is 19.4. The Bertz CT molecular complexity index is 195.